The van der Waals surface area contributed by atoms with Gasteiger partial charge in [-0.25, -0.2) is 0 Å². The molecule has 1 heteroatoms. The van der Waals surface area contributed by atoms with Gasteiger partial charge in [-0.3, -0.25) is 4.79 Å². The highest BCUT2D eigenvalue weighted by Gasteiger charge is 2.38. The molecule has 0 aromatic heterocycles. The Morgan fingerprint density at radius 1 is 1.50 bits per heavy atom. The van der Waals surface area contributed by atoms with E-state index < -0.39 is 0 Å². The van der Waals surface area contributed by atoms with Crippen molar-refractivity contribution >= 4 is 5.78 Å². The zero-order chi connectivity index (χ0) is 10.8. The molecular formula is C13H20O. The molecule has 0 bridgehead atoms. The van der Waals surface area contributed by atoms with Gasteiger partial charge in [0.05, 0.1) is 0 Å². The van der Waals surface area contributed by atoms with Gasteiger partial charge >= 0.3 is 0 Å². The molecule has 0 N–H and O–H groups in total. The first-order valence-corrected chi connectivity index (χ1v) is 5.32. The fraction of sp³-hybridized carbons (Fsp3) is 0.615. The molecule has 0 unspecified atom stereocenters. The normalized spacial score (nSPS) is 30.9. The Bertz CT molecular complexity index is 271. The highest BCUT2D eigenvalue weighted by atomic mass is 16.1. The summed E-state index contributed by atoms with van der Waals surface area (Å²) in [5.41, 5.74) is 0.102. The lowest BCUT2D eigenvalue weighted by Crippen LogP contribution is -2.36. The minimum atomic E-state index is 0.102. The third kappa shape index (κ3) is 2.14. The summed E-state index contributed by atoms with van der Waals surface area (Å²) in [5.74, 6) is 0.778. The summed E-state index contributed by atoms with van der Waals surface area (Å²) < 4.78 is 0. The van der Waals surface area contributed by atoms with Crippen molar-refractivity contribution in [3.8, 4) is 0 Å². The third-order valence-electron chi connectivity index (χ3n) is 3.09. The first-order valence-electron chi connectivity index (χ1n) is 5.32. The van der Waals surface area contributed by atoms with E-state index in [9.17, 15) is 4.79 Å². The van der Waals surface area contributed by atoms with E-state index >= 15 is 0 Å². The Hall–Kier alpha value is -0.850. The second-order valence-electron chi connectivity index (χ2n) is 4.86. The molecular weight excluding hydrogens is 172 g/mol. The number of carbonyl (C=O) groups is 1. The fourth-order valence-corrected chi connectivity index (χ4v) is 2.45. The smallest absolute Gasteiger partial charge is 0.159 e. The van der Waals surface area contributed by atoms with Gasteiger partial charge in [0.1, 0.15) is 0 Å². The largest absolute Gasteiger partial charge is 0.295 e. The predicted molar refractivity (Wildman–Crippen MR) is 60.0 cm³/mol. The topological polar surface area (TPSA) is 17.1 Å². The van der Waals surface area contributed by atoms with E-state index in [0.717, 1.165) is 6.42 Å². The van der Waals surface area contributed by atoms with Gasteiger partial charge in [0.25, 0.3) is 0 Å². The van der Waals surface area contributed by atoms with E-state index in [0.29, 0.717) is 5.92 Å². The van der Waals surface area contributed by atoms with Crippen LogP contribution in [0.1, 0.15) is 34.1 Å². The highest BCUT2D eigenvalue weighted by Crippen LogP contribution is 2.41. The van der Waals surface area contributed by atoms with Crippen LogP contribution in [0.2, 0.25) is 0 Å². The Balaban J connectivity index is 2.93. The maximum atomic E-state index is 11.9. The summed E-state index contributed by atoms with van der Waals surface area (Å²) in [5, 5.41) is 0. The molecule has 0 aromatic rings. The van der Waals surface area contributed by atoms with Crippen molar-refractivity contribution in [3.05, 3.63) is 24.3 Å². The summed E-state index contributed by atoms with van der Waals surface area (Å²) >= 11 is 0. The quantitative estimate of drug-likeness (QED) is 0.484. The molecule has 0 heterocycles. The molecule has 0 aromatic carbocycles. The molecule has 14 heavy (non-hydrogen) atoms. The van der Waals surface area contributed by atoms with Crippen molar-refractivity contribution in [2.75, 3.05) is 0 Å². The number of allylic oxidation sites excluding steroid dienone is 4. The molecule has 0 aliphatic heterocycles. The van der Waals surface area contributed by atoms with Crippen LogP contribution >= 0.6 is 0 Å². The number of rotatable bonds is 2. The van der Waals surface area contributed by atoms with Gasteiger partial charge < -0.3 is 0 Å². The van der Waals surface area contributed by atoms with E-state index in [1.165, 1.54) is 0 Å². The van der Waals surface area contributed by atoms with Crippen molar-refractivity contribution < 1.29 is 4.79 Å². The molecule has 78 valence electrons. The number of carbonyl (C=O) groups excluding carboxylic acids is 1. The molecule has 1 aliphatic carbocycles. The number of hydrogen-bond acceptors (Lipinski definition) is 1. The minimum absolute atomic E-state index is 0.102. The summed E-state index contributed by atoms with van der Waals surface area (Å²) in [6, 6.07) is 0. The van der Waals surface area contributed by atoms with Gasteiger partial charge in [-0.2, -0.15) is 0 Å². The molecule has 2 atom stereocenters. The monoisotopic (exact) mass is 192 g/mol. The second kappa shape index (κ2) is 4.12. The van der Waals surface area contributed by atoms with Crippen LogP contribution in [0.4, 0.5) is 0 Å². The predicted octanol–water partition coefficient (Wildman–Crippen LogP) is 3.37. The van der Waals surface area contributed by atoms with E-state index in [2.05, 4.69) is 32.9 Å². The average Bonchev–Trinajstić information content (AvgIpc) is 2.02. The molecule has 0 saturated heterocycles. The average molecular weight is 192 g/mol. The van der Waals surface area contributed by atoms with E-state index in [-0.39, 0.29) is 17.1 Å². The van der Waals surface area contributed by atoms with E-state index in [1.807, 2.05) is 13.0 Å². The third-order valence-corrected chi connectivity index (χ3v) is 3.09. The van der Waals surface area contributed by atoms with Crippen LogP contribution < -0.4 is 0 Å². The van der Waals surface area contributed by atoms with Crippen LogP contribution in [0.3, 0.4) is 0 Å². The number of hydrogen-bond donors (Lipinski definition) is 0. The molecule has 0 radical (unpaired) electrons. The fourth-order valence-electron chi connectivity index (χ4n) is 2.45. The van der Waals surface area contributed by atoms with E-state index in [4.69, 9.17) is 0 Å². The molecule has 0 fully saturated rings. The minimum Gasteiger partial charge on any atom is -0.295 e. The zero-order valence-corrected chi connectivity index (χ0v) is 9.58. The van der Waals surface area contributed by atoms with Crippen LogP contribution in [-0.4, -0.2) is 5.78 Å². The van der Waals surface area contributed by atoms with Gasteiger partial charge in [-0.15, -0.1) is 0 Å². The van der Waals surface area contributed by atoms with Crippen molar-refractivity contribution in [1.29, 1.82) is 0 Å². The zero-order valence-electron chi connectivity index (χ0n) is 9.58. The summed E-state index contributed by atoms with van der Waals surface area (Å²) in [6.45, 7) is 8.38. The SMILES string of the molecule is CC=CC(=O)[C@H]1[C@H](C)C=CCC1(C)C. The Morgan fingerprint density at radius 3 is 2.64 bits per heavy atom. The van der Waals surface area contributed by atoms with Crippen molar-refractivity contribution in [1.82, 2.24) is 0 Å². The van der Waals surface area contributed by atoms with Crippen LogP contribution in [0.5, 0.6) is 0 Å². The lowest BCUT2D eigenvalue weighted by Gasteiger charge is -2.38. The molecule has 0 saturated carbocycles. The van der Waals surface area contributed by atoms with Crippen molar-refractivity contribution in [3.63, 3.8) is 0 Å². The van der Waals surface area contributed by atoms with Gasteiger partial charge in [0.2, 0.25) is 0 Å². The van der Waals surface area contributed by atoms with Crippen LogP contribution in [-0.2, 0) is 4.79 Å². The Morgan fingerprint density at radius 2 is 2.14 bits per heavy atom. The molecule has 1 rings (SSSR count). The molecule has 1 nitrogen and oxygen atoms in total. The Kier molecular flexibility index (Phi) is 3.30. The van der Waals surface area contributed by atoms with Crippen molar-refractivity contribution in [2.24, 2.45) is 17.3 Å². The van der Waals surface area contributed by atoms with Gasteiger partial charge in [-0.05, 0) is 30.8 Å². The summed E-state index contributed by atoms with van der Waals surface area (Å²) in [4.78, 5) is 11.9. The molecule has 1 aliphatic rings. The van der Waals surface area contributed by atoms with Crippen LogP contribution in [0, 0.1) is 17.3 Å². The maximum Gasteiger partial charge on any atom is 0.159 e. The standard InChI is InChI=1S/C13H20O/c1-5-7-11(14)12-10(2)8-6-9-13(12,3)4/h5-8,10,12H,9H2,1-4H3/t10-,12-/m1/s1. The molecule has 0 spiro atoms. The maximum absolute atomic E-state index is 11.9. The lowest BCUT2D eigenvalue weighted by molar-refractivity contribution is -0.123. The highest BCUT2D eigenvalue weighted by molar-refractivity contribution is 5.92. The van der Waals surface area contributed by atoms with Crippen molar-refractivity contribution in [2.45, 2.75) is 34.1 Å². The Labute approximate surface area is 86.9 Å². The number of ketones is 1. The van der Waals surface area contributed by atoms with E-state index in [1.54, 1.807) is 6.08 Å². The lowest BCUT2D eigenvalue weighted by atomic mass is 9.65. The first kappa shape index (κ1) is 11.2. The molecule has 0 amide bonds. The van der Waals surface area contributed by atoms with Crippen LogP contribution in [0.25, 0.3) is 0 Å². The second-order valence-corrected chi connectivity index (χ2v) is 4.86. The summed E-state index contributed by atoms with van der Waals surface area (Å²) in [6.07, 6.45) is 8.91. The van der Waals surface area contributed by atoms with Gasteiger partial charge in [0.15, 0.2) is 5.78 Å². The summed E-state index contributed by atoms with van der Waals surface area (Å²) in [7, 11) is 0. The van der Waals surface area contributed by atoms with Gasteiger partial charge in [-0.1, -0.05) is 39.0 Å². The first-order chi connectivity index (χ1) is 6.49. The van der Waals surface area contributed by atoms with Crippen LogP contribution in [0.15, 0.2) is 24.3 Å². The van der Waals surface area contributed by atoms with Gasteiger partial charge in [0, 0.05) is 5.92 Å².